The molecule has 3 nitrogen and oxygen atoms in total. The maximum atomic E-state index is 13.8. The lowest BCUT2D eigenvalue weighted by Crippen LogP contribution is -2.27. The van der Waals surface area contributed by atoms with Crippen LogP contribution in [0.1, 0.15) is 36.2 Å². The van der Waals surface area contributed by atoms with Crippen LogP contribution in [0.2, 0.25) is 0 Å². The van der Waals surface area contributed by atoms with Gasteiger partial charge in [0.05, 0.1) is 5.56 Å². The molecule has 2 unspecified atom stereocenters. The number of carbonyl (C=O) groups is 1. The number of likely N-dealkylation sites (tertiary alicyclic amines) is 1. The molecule has 98 valence electrons. The average molecular weight is 251 g/mol. The Bertz CT molecular complexity index is 461. The van der Waals surface area contributed by atoms with Crippen LogP contribution in [0.25, 0.3) is 0 Å². The van der Waals surface area contributed by atoms with Crippen molar-refractivity contribution in [1.82, 2.24) is 4.90 Å². The van der Waals surface area contributed by atoms with E-state index in [4.69, 9.17) is 5.11 Å². The summed E-state index contributed by atoms with van der Waals surface area (Å²) in [5.41, 5.74) is 0.569. The zero-order valence-corrected chi connectivity index (χ0v) is 10.7. The monoisotopic (exact) mass is 251 g/mol. The van der Waals surface area contributed by atoms with Gasteiger partial charge in [0.1, 0.15) is 5.82 Å². The predicted molar refractivity (Wildman–Crippen MR) is 67.0 cm³/mol. The lowest BCUT2D eigenvalue weighted by molar-refractivity contribution is 0.0696. The Morgan fingerprint density at radius 1 is 1.50 bits per heavy atom. The molecule has 0 aliphatic carbocycles. The molecule has 4 heteroatoms. The molecule has 0 amide bonds. The van der Waals surface area contributed by atoms with Crippen molar-refractivity contribution in [1.29, 1.82) is 0 Å². The average Bonchev–Trinajstić information content (AvgIpc) is 2.60. The fourth-order valence-corrected chi connectivity index (χ4v) is 2.63. The van der Waals surface area contributed by atoms with Gasteiger partial charge >= 0.3 is 5.97 Å². The minimum atomic E-state index is -1.09. The minimum absolute atomic E-state index is 0.000844. The summed E-state index contributed by atoms with van der Waals surface area (Å²) in [7, 11) is 0. The van der Waals surface area contributed by atoms with Crippen molar-refractivity contribution in [2.75, 3.05) is 6.54 Å². The Morgan fingerprint density at radius 2 is 2.22 bits per heavy atom. The van der Waals surface area contributed by atoms with E-state index < -0.39 is 11.8 Å². The summed E-state index contributed by atoms with van der Waals surface area (Å²) in [4.78, 5) is 13.0. The molecule has 1 fully saturated rings. The zero-order chi connectivity index (χ0) is 13.3. The molecule has 18 heavy (non-hydrogen) atoms. The minimum Gasteiger partial charge on any atom is -0.478 e. The standard InChI is InChI=1S/C14H18FNO2/c1-9-5-10(2)16(7-9)8-12-4-3-11(14(17)18)6-13(12)15/h3-4,6,9-10H,5,7-8H2,1-2H3,(H,17,18). The van der Waals surface area contributed by atoms with Crippen molar-refractivity contribution in [2.24, 2.45) is 5.92 Å². The molecule has 1 N–H and O–H groups in total. The molecular weight excluding hydrogens is 233 g/mol. The van der Waals surface area contributed by atoms with E-state index in [-0.39, 0.29) is 5.56 Å². The first-order valence-corrected chi connectivity index (χ1v) is 6.23. The maximum absolute atomic E-state index is 13.8. The summed E-state index contributed by atoms with van der Waals surface area (Å²) in [6.07, 6.45) is 1.13. The molecule has 0 spiro atoms. The van der Waals surface area contributed by atoms with Crippen molar-refractivity contribution in [2.45, 2.75) is 32.9 Å². The number of nitrogens with zero attached hydrogens (tertiary/aromatic N) is 1. The number of hydrogen-bond acceptors (Lipinski definition) is 2. The first-order valence-electron chi connectivity index (χ1n) is 6.23. The maximum Gasteiger partial charge on any atom is 0.335 e. The molecule has 0 saturated carbocycles. The van der Waals surface area contributed by atoms with E-state index in [0.29, 0.717) is 24.1 Å². The van der Waals surface area contributed by atoms with Gasteiger partial charge in [0.2, 0.25) is 0 Å². The SMILES string of the molecule is CC1CC(C)N(Cc2ccc(C(=O)O)cc2F)C1. The van der Waals surface area contributed by atoms with Crippen molar-refractivity contribution in [3.05, 3.63) is 35.1 Å². The molecule has 1 saturated heterocycles. The third-order valence-electron chi connectivity index (χ3n) is 3.59. The van der Waals surface area contributed by atoms with E-state index in [2.05, 4.69) is 18.7 Å². The van der Waals surface area contributed by atoms with Gasteiger partial charge in [0, 0.05) is 24.7 Å². The highest BCUT2D eigenvalue weighted by Gasteiger charge is 2.26. The summed E-state index contributed by atoms with van der Waals surface area (Å²) in [5.74, 6) is -0.883. The highest BCUT2D eigenvalue weighted by Crippen LogP contribution is 2.25. The first-order chi connectivity index (χ1) is 8.47. The van der Waals surface area contributed by atoms with Crippen LogP contribution in [0.4, 0.5) is 4.39 Å². The van der Waals surface area contributed by atoms with Crippen molar-refractivity contribution >= 4 is 5.97 Å². The van der Waals surface area contributed by atoms with Gasteiger partial charge in [-0.3, -0.25) is 4.90 Å². The van der Waals surface area contributed by atoms with Gasteiger partial charge in [-0.1, -0.05) is 13.0 Å². The fraction of sp³-hybridized carbons (Fsp3) is 0.500. The van der Waals surface area contributed by atoms with Crippen molar-refractivity contribution < 1.29 is 14.3 Å². The lowest BCUT2D eigenvalue weighted by Gasteiger charge is -2.21. The third-order valence-corrected chi connectivity index (χ3v) is 3.59. The number of halogens is 1. The van der Waals surface area contributed by atoms with Crippen LogP contribution in [0, 0.1) is 11.7 Å². The van der Waals surface area contributed by atoms with Crippen LogP contribution in [-0.4, -0.2) is 28.6 Å². The van der Waals surface area contributed by atoms with Gasteiger partial charge in [0.25, 0.3) is 0 Å². The van der Waals surface area contributed by atoms with E-state index in [9.17, 15) is 9.18 Å². The molecule has 1 aliphatic heterocycles. The number of rotatable bonds is 3. The molecule has 2 rings (SSSR count). The largest absolute Gasteiger partial charge is 0.478 e. The van der Waals surface area contributed by atoms with Crippen LogP contribution in [0.5, 0.6) is 0 Å². The number of hydrogen-bond donors (Lipinski definition) is 1. The van der Waals surface area contributed by atoms with Gasteiger partial charge in [-0.25, -0.2) is 9.18 Å². The highest BCUT2D eigenvalue weighted by molar-refractivity contribution is 5.87. The summed E-state index contributed by atoms with van der Waals surface area (Å²) in [6, 6.07) is 4.60. The van der Waals surface area contributed by atoms with Gasteiger partial charge in [-0.2, -0.15) is 0 Å². The topological polar surface area (TPSA) is 40.5 Å². The Labute approximate surface area is 106 Å². The molecule has 0 aromatic heterocycles. The molecule has 0 bridgehead atoms. The summed E-state index contributed by atoms with van der Waals surface area (Å²) < 4.78 is 13.8. The number of benzene rings is 1. The fourth-order valence-electron chi connectivity index (χ4n) is 2.63. The van der Waals surface area contributed by atoms with E-state index in [1.165, 1.54) is 6.07 Å². The van der Waals surface area contributed by atoms with Crippen LogP contribution >= 0.6 is 0 Å². The second kappa shape index (κ2) is 5.06. The number of carboxylic acid groups (broad SMARTS) is 1. The quantitative estimate of drug-likeness (QED) is 0.898. The first kappa shape index (κ1) is 13.0. The Balaban J connectivity index is 2.12. The lowest BCUT2D eigenvalue weighted by atomic mass is 10.1. The van der Waals surface area contributed by atoms with E-state index >= 15 is 0 Å². The highest BCUT2D eigenvalue weighted by atomic mass is 19.1. The van der Waals surface area contributed by atoms with E-state index in [1.54, 1.807) is 6.07 Å². The molecule has 0 radical (unpaired) electrons. The predicted octanol–water partition coefficient (Wildman–Crippen LogP) is 2.75. The molecular formula is C14H18FNO2. The summed E-state index contributed by atoms with van der Waals surface area (Å²) in [6.45, 7) is 5.87. The smallest absolute Gasteiger partial charge is 0.335 e. The van der Waals surface area contributed by atoms with E-state index in [1.807, 2.05) is 0 Å². The molecule has 2 atom stereocenters. The molecule has 1 aromatic rings. The van der Waals surface area contributed by atoms with Crippen LogP contribution in [0.15, 0.2) is 18.2 Å². The van der Waals surface area contributed by atoms with Gasteiger partial charge in [-0.15, -0.1) is 0 Å². The van der Waals surface area contributed by atoms with Crippen molar-refractivity contribution in [3.8, 4) is 0 Å². The van der Waals surface area contributed by atoms with Gasteiger partial charge in [0.15, 0.2) is 0 Å². The summed E-state index contributed by atoms with van der Waals surface area (Å²) in [5, 5.41) is 8.78. The van der Waals surface area contributed by atoms with Crippen LogP contribution in [0.3, 0.4) is 0 Å². The van der Waals surface area contributed by atoms with E-state index in [0.717, 1.165) is 19.0 Å². The molecule has 1 aliphatic rings. The third kappa shape index (κ3) is 2.70. The zero-order valence-electron chi connectivity index (χ0n) is 10.7. The van der Waals surface area contributed by atoms with Crippen molar-refractivity contribution in [3.63, 3.8) is 0 Å². The summed E-state index contributed by atoms with van der Waals surface area (Å²) >= 11 is 0. The normalized spacial score (nSPS) is 24.4. The van der Waals surface area contributed by atoms with Crippen LogP contribution < -0.4 is 0 Å². The molecule has 1 heterocycles. The Morgan fingerprint density at radius 3 is 2.72 bits per heavy atom. The molecule has 1 aromatic carbocycles. The number of aromatic carboxylic acids is 1. The van der Waals surface area contributed by atoms with Crippen LogP contribution in [-0.2, 0) is 6.54 Å². The second-order valence-corrected chi connectivity index (χ2v) is 5.23. The van der Waals surface area contributed by atoms with Gasteiger partial charge in [-0.05, 0) is 31.4 Å². The Hall–Kier alpha value is -1.42. The second-order valence-electron chi connectivity index (χ2n) is 5.23. The Kier molecular flexibility index (Phi) is 3.66. The number of carboxylic acids is 1. The van der Waals surface area contributed by atoms with Gasteiger partial charge < -0.3 is 5.11 Å².